The van der Waals surface area contributed by atoms with Crippen molar-refractivity contribution in [3.63, 3.8) is 0 Å². The van der Waals surface area contributed by atoms with E-state index in [4.69, 9.17) is 15.0 Å². The van der Waals surface area contributed by atoms with E-state index >= 15 is 0 Å². The molecule has 2 aromatic heterocycles. The molecule has 152 valence electrons. The van der Waals surface area contributed by atoms with Crippen LogP contribution in [0.25, 0.3) is 0 Å². The summed E-state index contributed by atoms with van der Waals surface area (Å²) in [5, 5.41) is 3.96. The highest BCUT2D eigenvalue weighted by atomic mass is 16.5. The van der Waals surface area contributed by atoms with Crippen LogP contribution >= 0.6 is 0 Å². The molecule has 2 aliphatic heterocycles. The number of nitrogen functional groups attached to an aromatic ring is 1. The second-order valence-corrected chi connectivity index (χ2v) is 7.80. The molecule has 5 rings (SSSR count). The first-order valence-corrected chi connectivity index (χ1v) is 10.0. The number of hydrogen-bond donors (Lipinski definition) is 1. The van der Waals surface area contributed by atoms with Gasteiger partial charge in [0, 0.05) is 50.3 Å². The quantitative estimate of drug-likeness (QED) is 0.827. The zero-order valence-electron chi connectivity index (χ0n) is 16.1. The van der Waals surface area contributed by atoms with Gasteiger partial charge in [0.15, 0.2) is 5.69 Å². The fourth-order valence-electron chi connectivity index (χ4n) is 3.88. The predicted molar refractivity (Wildman–Crippen MR) is 102 cm³/mol. The molecule has 0 aromatic carbocycles. The number of hydrogen-bond acceptors (Lipinski definition) is 7. The minimum absolute atomic E-state index is 0.143. The summed E-state index contributed by atoms with van der Waals surface area (Å²) in [5.41, 5.74) is 8.49. The fourth-order valence-corrected chi connectivity index (χ4v) is 3.88. The van der Waals surface area contributed by atoms with Crippen molar-refractivity contribution >= 4 is 17.6 Å². The maximum absolute atomic E-state index is 12.9. The van der Waals surface area contributed by atoms with Gasteiger partial charge in [-0.2, -0.15) is 0 Å². The highest BCUT2D eigenvalue weighted by molar-refractivity contribution is 5.98. The molecule has 0 atom stereocenters. The number of fused-ring (bicyclic) bond motifs is 1. The second kappa shape index (κ2) is 7.14. The number of carbonyl (C=O) groups is 2. The molecule has 1 aliphatic carbocycles. The van der Waals surface area contributed by atoms with Gasteiger partial charge in [-0.05, 0) is 24.5 Å². The van der Waals surface area contributed by atoms with E-state index in [9.17, 15) is 9.59 Å². The van der Waals surface area contributed by atoms with Crippen LogP contribution in [0, 0.1) is 0 Å². The molecule has 4 heterocycles. The molecule has 0 bridgehead atoms. The van der Waals surface area contributed by atoms with Gasteiger partial charge in [0.2, 0.25) is 0 Å². The van der Waals surface area contributed by atoms with Crippen LogP contribution in [0.3, 0.4) is 0 Å². The van der Waals surface area contributed by atoms with E-state index in [0.29, 0.717) is 63.0 Å². The Kier molecular flexibility index (Phi) is 4.46. The number of pyridine rings is 1. The molecule has 9 nitrogen and oxygen atoms in total. The van der Waals surface area contributed by atoms with Crippen molar-refractivity contribution in [1.29, 1.82) is 0 Å². The summed E-state index contributed by atoms with van der Waals surface area (Å²) in [5.74, 6) is 1.13. The Hall–Kier alpha value is -2.94. The summed E-state index contributed by atoms with van der Waals surface area (Å²) in [6, 6.07) is 3.54. The number of carbonyl (C=O) groups excluding carboxylic acids is 2. The Balaban J connectivity index is 1.35. The average molecular weight is 397 g/mol. The number of morpholine rings is 1. The summed E-state index contributed by atoms with van der Waals surface area (Å²) in [6.07, 6.45) is 2.77. The third-order valence-electron chi connectivity index (χ3n) is 5.74. The van der Waals surface area contributed by atoms with Crippen LogP contribution in [0.15, 0.2) is 16.7 Å². The van der Waals surface area contributed by atoms with Crippen molar-refractivity contribution in [3.05, 3.63) is 40.4 Å². The molecule has 1 saturated heterocycles. The summed E-state index contributed by atoms with van der Waals surface area (Å²) in [7, 11) is 0. The van der Waals surface area contributed by atoms with Gasteiger partial charge in [0.25, 0.3) is 11.8 Å². The van der Waals surface area contributed by atoms with Crippen molar-refractivity contribution in [3.8, 4) is 0 Å². The molecule has 2 N–H and O–H groups in total. The molecule has 2 amide bonds. The van der Waals surface area contributed by atoms with E-state index in [0.717, 1.165) is 29.9 Å². The maximum Gasteiger partial charge on any atom is 0.276 e. The predicted octanol–water partition coefficient (Wildman–Crippen LogP) is 1.20. The van der Waals surface area contributed by atoms with Crippen molar-refractivity contribution in [1.82, 2.24) is 19.9 Å². The average Bonchev–Trinajstić information content (AvgIpc) is 3.49. The lowest BCUT2D eigenvalue weighted by molar-refractivity contribution is 0.0303. The monoisotopic (exact) mass is 397 g/mol. The molecule has 2 fully saturated rings. The fraction of sp³-hybridized carbons (Fsp3) is 0.500. The number of nitrogens with zero attached hydrogens (tertiary/aromatic N) is 4. The van der Waals surface area contributed by atoms with E-state index in [1.807, 2.05) is 0 Å². The molecule has 29 heavy (non-hydrogen) atoms. The second-order valence-electron chi connectivity index (χ2n) is 7.80. The SMILES string of the molecule is Nc1nc2c(cc1C(=O)N1CCOCC1)CN(C(=O)c1cc(C3CC3)on1)CC2. The maximum atomic E-state index is 12.9. The van der Waals surface area contributed by atoms with Crippen LogP contribution in [-0.2, 0) is 17.7 Å². The number of ether oxygens (including phenoxy) is 1. The number of anilines is 1. The molecule has 0 spiro atoms. The lowest BCUT2D eigenvalue weighted by Gasteiger charge is -2.30. The zero-order chi connectivity index (χ0) is 20.0. The van der Waals surface area contributed by atoms with Crippen LogP contribution in [0.5, 0.6) is 0 Å². The Morgan fingerprint density at radius 3 is 2.62 bits per heavy atom. The van der Waals surface area contributed by atoms with E-state index in [2.05, 4.69) is 10.1 Å². The van der Waals surface area contributed by atoms with Crippen LogP contribution in [0.1, 0.15) is 56.6 Å². The molecule has 9 heteroatoms. The van der Waals surface area contributed by atoms with Gasteiger partial charge in [0.05, 0.1) is 18.8 Å². The van der Waals surface area contributed by atoms with E-state index < -0.39 is 0 Å². The summed E-state index contributed by atoms with van der Waals surface area (Å²) >= 11 is 0. The van der Waals surface area contributed by atoms with Crippen LogP contribution in [0.2, 0.25) is 0 Å². The van der Waals surface area contributed by atoms with Gasteiger partial charge >= 0.3 is 0 Å². The lowest BCUT2D eigenvalue weighted by atomic mass is 10.0. The Morgan fingerprint density at radius 1 is 1.07 bits per heavy atom. The minimum atomic E-state index is -0.163. The Bertz CT molecular complexity index is 962. The highest BCUT2D eigenvalue weighted by Crippen LogP contribution is 2.40. The van der Waals surface area contributed by atoms with Crippen molar-refractivity contribution in [2.45, 2.75) is 31.7 Å². The Morgan fingerprint density at radius 2 is 1.86 bits per heavy atom. The van der Waals surface area contributed by atoms with Gasteiger partial charge in [-0.1, -0.05) is 5.16 Å². The van der Waals surface area contributed by atoms with Gasteiger partial charge in [-0.3, -0.25) is 9.59 Å². The highest BCUT2D eigenvalue weighted by Gasteiger charge is 2.31. The number of aromatic nitrogens is 2. The van der Waals surface area contributed by atoms with Gasteiger partial charge in [-0.25, -0.2) is 4.98 Å². The lowest BCUT2D eigenvalue weighted by Crippen LogP contribution is -2.41. The summed E-state index contributed by atoms with van der Waals surface area (Å²) in [6.45, 7) is 3.02. The first-order valence-electron chi connectivity index (χ1n) is 10.0. The van der Waals surface area contributed by atoms with Gasteiger partial charge in [0.1, 0.15) is 11.6 Å². The van der Waals surface area contributed by atoms with Gasteiger partial charge in [-0.15, -0.1) is 0 Å². The minimum Gasteiger partial charge on any atom is -0.383 e. The molecular weight excluding hydrogens is 374 g/mol. The van der Waals surface area contributed by atoms with Crippen molar-refractivity contribution < 1.29 is 18.8 Å². The Labute approximate surface area is 167 Å². The number of nitrogens with two attached hydrogens (primary N) is 1. The molecule has 0 radical (unpaired) electrons. The van der Waals surface area contributed by atoms with Gasteiger partial charge < -0.3 is 24.8 Å². The van der Waals surface area contributed by atoms with Crippen molar-refractivity contribution in [2.24, 2.45) is 0 Å². The summed E-state index contributed by atoms with van der Waals surface area (Å²) < 4.78 is 10.6. The topological polar surface area (TPSA) is 115 Å². The smallest absolute Gasteiger partial charge is 0.276 e. The standard InChI is InChI=1S/C20H23N5O4/c21-18-14(19(26)24-5-7-28-8-6-24)9-13-11-25(4-3-15(13)22-18)20(27)16-10-17(29-23-16)12-1-2-12/h9-10,12H,1-8,11H2,(H2,21,22). The molecule has 3 aliphatic rings. The van der Waals surface area contributed by atoms with E-state index in [-0.39, 0.29) is 17.6 Å². The normalized spacial score (nSPS) is 19.2. The van der Waals surface area contributed by atoms with Crippen LogP contribution in [-0.4, -0.2) is 64.6 Å². The van der Waals surface area contributed by atoms with E-state index in [1.54, 1.807) is 21.9 Å². The first-order chi connectivity index (χ1) is 14.1. The largest absolute Gasteiger partial charge is 0.383 e. The van der Waals surface area contributed by atoms with Crippen molar-refractivity contribution in [2.75, 3.05) is 38.6 Å². The molecular formula is C20H23N5O4. The molecule has 0 unspecified atom stereocenters. The summed E-state index contributed by atoms with van der Waals surface area (Å²) in [4.78, 5) is 33.6. The van der Waals surface area contributed by atoms with Crippen LogP contribution in [0.4, 0.5) is 5.82 Å². The zero-order valence-corrected chi connectivity index (χ0v) is 16.1. The van der Waals surface area contributed by atoms with E-state index in [1.165, 1.54) is 0 Å². The first kappa shape index (κ1) is 18.1. The molecule has 2 aromatic rings. The van der Waals surface area contributed by atoms with Crippen LogP contribution < -0.4 is 5.73 Å². The third kappa shape index (κ3) is 3.46. The third-order valence-corrected chi connectivity index (χ3v) is 5.74. The number of rotatable bonds is 3. The molecule has 1 saturated carbocycles. The number of amides is 2.